The van der Waals surface area contributed by atoms with Gasteiger partial charge in [-0.2, -0.15) is 0 Å². The summed E-state index contributed by atoms with van der Waals surface area (Å²) in [4.78, 5) is 10.4. The van der Waals surface area contributed by atoms with Gasteiger partial charge in [0.05, 0.1) is 11.8 Å². The van der Waals surface area contributed by atoms with E-state index in [1.165, 1.54) is 18.5 Å². The van der Waals surface area contributed by atoms with Gasteiger partial charge in [-0.05, 0) is 31.0 Å². The number of nitrogens with one attached hydrogen (secondary N) is 1. The van der Waals surface area contributed by atoms with Crippen LogP contribution in [0.3, 0.4) is 0 Å². The monoisotopic (exact) mass is 324 g/mol. The van der Waals surface area contributed by atoms with Gasteiger partial charge in [-0.15, -0.1) is 0 Å². The Bertz CT molecular complexity index is 797. The molecule has 1 aliphatic rings. The van der Waals surface area contributed by atoms with Gasteiger partial charge in [-0.3, -0.25) is 0 Å². The Morgan fingerprint density at radius 1 is 1.36 bits per heavy atom. The Balaban J connectivity index is 1.92. The normalized spacial score (nSPS) is 19.5. The minimum Gasteiger partial charge on any atom is -0.354 e. The molecular formula is C14H17FN4O2S. The van der Waals surface area contributed by atoms with Gasteiger partial charge in [-0.1, -0.05) is 0 Å². The van der Waals surface area contributed by atoms with Crippen LogP contribution in [0.2, 0.25) is 0 Å². The van der Waals surface area contributed by atoms with Crippen molar-refractivity contribution in [3.05, 3.63) is 30.3 Å². The Kier molecular flexibility index (Phi) is 3.96. The SMILES string of the molecule is CS(=O)(=O)NC1CCCN(c2ncnc3ccc(F)cc23)C1. The smallest absolute Gasteiger partial charge is 0.209 e. The molecule has 1 aromatic heterocycles. The van der Waals surface area contributed by atoms with Crippen LogP contribution in [0.5, 0.6) is 0 Å². The summed E-state index contributed by atoms with van der Waals surface area (Å²) >= 11 is 0. The second kappa shape index (κ2) is 5.77. The third-order valence-corrected chi connectivity index (χ3v) is 4.44. The summed E-state index contributed by atoms with van der Waals surface area (Å²) in [6, 6.07) is 4.23. The van der Waals surface area contributed by atoms with Crippen LogP contribution in [0.1, 0.15) is 12.8 Å². The number of benzene rings is 1. The number of aromatic nitrogens is 2. The summed E-state index contributed by atoms with van der Waals surface area (Å²) in [6.45, 7) is 1.26. The number of anilines is 1. The van der Waals surface area contributed by atoms with E-state index in [0.29, 0.717) is 23.3 Å². The van der Waals surface area contributed by atoms with Crippen LogP contribution < -0.4 is 9.62 Å². The number of rotatable bonds is 3. The zero-order chi connectivity index (χ0) is 15.7. The Hall–Kier alpha value is -1.80. The molecule has 1 fully saturated rings. The van der Waals surface area contributed by atoms with E-state index >= 15 is 0 Å². The number of fused-ring (bicyclic) bond motifs is 1. The van der Waals surface area contributed by atoms with Crippen molar-refractivity contribution in [2.75, 3.05) is 24.2 Å². The van der Waals surface area contributed by atoms with Crippen molar-refractivity contribution >= 4 is 26.7 Å². The van der Waals surface area contributed by atoms with E-state index in [2.05, 4.69) is 14.7 Å². The van der Waals surface area contributed by atoms with Crippen molar-refractivity contribution in [3.63, 3.8) is 0 Å². The number of hydrogen-bond acceptors (Lipinski definition) is 5. The summed E-state index contributed by atoms with van der Waals surface area (Å²) in [7, 11) is -3.25. The lowest BCUT2D eigenvalue weighted by molar-refractivity contribution is 0.466. The lowest BCUT2D eigenvalue weighted by atomic mass is 10.1. The molecule has 6 nitrogen and oxygen atoms in total. The van der Waals surface area contributed by atoms with Gasteiger partial charge in [0.2, 0.25) is 10.0 Å². The molecule has 2 aromatic rings. The second-order valence-corrected chi connectivity index (χ2v) is 7.31. The quantitative estimate of drug-likeness (QED) is 0.921. The van der Waals surface area contributed by atoms with E-state index < -0.39 is 10.0 Å². The molecule has 1 saturated heterocycles. The van der Waals surface area contributed by atoms with Crippen LogP contribution in [0.25, 0.3) is 10.9 Å². The fourth-order valence-corrected chi connectivity index (χ4v) is 3.63. The van der Waals surface area contributed by atoms with Crippen LogP contribution in [-0.2, 0) is 10.0 Å². The molecule has 0 spiro atoms. The maximum Gasteiger partial charge on any atom is 0.209 e. The number of sulfonamides is 1. The fraction of sp³-hybridized carbons (Fsp3) is 0.429. The van der Waals surface area contributed by atoms with E-state index in [0.717, 1.165) is 25.6 Å². The molecule has 22 heavy (non-hydrogen) atoms. The summed E-state index contributed by atoms with van der Waals surface area (Å²) < 4.78 is 38.9. The van der Waals surface area contributed by atoms with Gasteiger partial charge in [0.25, 0.3) is 0 Å². The topological polar surface area (TPSA) is 75.2 Å². The van der Waals surface area contributed by atoms with Crippen LogP contribution in [-0.4, -0.2) is 43.8 Å². The van der Waals surface area contributed by atoms with Crippen LogP contribution in [0.15, 0.2) is 24.5 Å². The van der Waals surface area contributed by atoms with Gasteiger partial charge in [0.15, 0.2) is 0 Å². The number of piperidine rings is 1. The fourth-order valence-electron chi connectivity index (χ4n) is 2.84. The molecule has 0 bridgehead atoms. The van der Waals surface area contributed by atoms with Crippen molar-refractivity contribution in [1.29, 1.82) is 0 Å². The first-order chi connectivity index (χ1) is 10.4. The molecule has 2 heterocycles. The summed E-state index contributed by atoms with van der Waals surface area (Å²) in [5.74, 6) is 0.302. The first kappa shape index (κ1) is 15.1. The van der Waals surface area contributed by atoms with E-state index in [9.17, 15) is 12.8 Å². The highest BCUT2D eigenvalue weighted by molar-refractivity contribution is 7.88. The maximum atomic E-state index is 13.5. The van der Waals surface area contributed by atoms with Crippen LogP contribution in [0.4, 0.5) is 10.2 Å². The van der Waals surface area contributed by atoms with Gasteiger partial charge >= 0.3 is 0 Å². The van der Waals surface area contributed by atoms with E-state index in [1.54, 1.807) is 6.07 Å². The second-order valence-electron chi connectivity index (χ2n) is 5.53. The third-order valence-electron chi connectivity index (χ3n) is 3.68. The molecule has 1 aliphatic heterocycles. The van der Waals surface area contributed by atoms with Crippen molar-refractivity contribution in [3.8, 4) is 0 Å². The first-order valence-electron chi connectivity index (χ1n) is 7.05. The lowest BCUT2D eigenvalue weighted by Crippen LogP contribution is -2.47. The van der Waals surface area contributed by atoms with E-state index in [4.69, 9.17) is 0 Å². The Labute approximate surface area is 128 Å². The highest BCUT2D eigenvalue weighted by Gasteiger charge is 2.24. The van der Waals surface area contributed by atoms with Gasteiger partial charge in [0.1, 0.15) is 18.0 Å². The first-order valence-corrected chi connectivity index (χ1v) is 8.94. The summed E-state index contributed by atoms with van der Waals surface area (Å²) in [5, 5.41) is 0.641. The van der Waals surface area contributed by atoms with Gasteiger partial charge < -0.3 is 4.90 Å². The van der Waals surface area contributed by atoms with Crippen LogP contribution in [0, 0.1) is 5.82 Å². The molecule has 8 heteroatoms. The molecule has 0 amide bonds. The molecule has 0 aliphatic carbocycles. The molecule has 1 atom stereocenters. The predicted molar refractivity (Wildman–Crippen MR) is 82.7 cm³/mol. The molecule has 1 aromatic carbocycles. The number of nitrogens with zero attached hydrogens (tertiary/aromatic N) is 3. The zero-order valence-corrected chi connectivity index (χ0v) is 13.0. The summed E-state index contributed by atoms with van der Waals surface area (Å²) in [6.07, 6.45) is 4.22. The number of hydrogen-bond donors (Lipinski definition) is 1. The minimum atomic E-state index is -3.25. The molecule has 0 radical (unpaired) electrons. The Morgan fingerprint density at radius 3 is 2.95 bits per heavy atom. The van der Waals surface area contributed by atoms with Crippen molar-refractivity contribution < 1.29 is 12.8 Å². The highest BCUT2D eigenvalue weighted by atomic mass is 32.2. The molecule has 3 rings (SSSR count). The van der Waals surface area contributed by atoms with Crippen molar-refractivity contribution in [1.82, 2.24) is 14.7 Å². The van der Waals surface area contributed by atoms with E-state index in [1.807, 2.05) is 4.90 Å². The highest BCUT2D eigenvalue weighted by Crippen LogP contribution is 2.26. The average Bonchev–Trinajstić information content (AvgIpc) is 2.45. The van der Waals surface area contributed by atoms with Crippen LogP contribution >= 0.6 is 0 Å². The van der Waals surface area contributed by atoms with Crippen molar-refractivity contribution in [2.24, 2.45) is 0 Å². The summed E-state index contributed by atoms with van der Waals surface area (Å²) in [5.41, 5.74) is 0.671. The lowest BCUT2D eigenvalue weighted by Gasteiger charge is -2.34. The largest absolute Gasteiger partial charge is 0.354 e. The molecule has 118 valence electrons. The van der Waals surface area contributed by atoms with E-state index in [-0.39, 0.29) is 11.9 Å². The molecule has 1 unspecified atom stereocenters. The third kappa shape index (κ3) is 3.33. The predicted octanol–water partition coefficient (Wildman–Crippen LogP) is 1.29. The van der Waals surface area contributed by atoms with Gasteiger partial charge in [-0.25, -0.2) is 27.5 Å². The van der Waals surface area contributed by atoms with Crippen molar-refractivity contribution in [2.45, 2.75) is 18.9 Å². The standard InChI is InChI=1S/C14H17FN4O2S/c1-22(20,21)18-11-3-2-6-19(8-11)14-12-7-10(15)4-5-13(12)16-9-17-14/h4-5,7,9,11,18H,2-3,6,8H2,1H3. The average molecular weight is 324 g/mol. The minimum absolute atomic E-state index is 0.165. The zero-order valence-electron chi connectivity index (χ0n) is 12.2. The maximum absolute atomic E-state index is 13.5. The molecular weight excluding hydrogens is 307 g/mol. The molecule has 0 saturated carbocycles. The van der Waals surface area contributed by atoms with Gasteiger partial charge in [0, 0.05) is 24.5 Å². The number of halogens is 1. The molecule has 1 N–H and O–H groups in total. The Morgan fingerprint density at radius 2 is 2.18 bits per heavy atom.